The van der Waals surface area contributed by atoms with Crippen LogP contribution >= 0.6 is 24.8 Å². The second kappa shape index (κ2) is 6.18. The minimum Gasteiger partial charge on any atom is -0.399 e. The highest BCUT2D eigenvalue weighted by atomic mass is 35.5. The molecule has 0 aromatic heterocycles. The highest BCUT2D eigenvalue weighted by molar-refractivity contribution is 5.85. The normalized spacial score (nSPS) is 12.3. The van der Waals surface area contributed by atoms with Gasteiger partial charge in [0.1, 0.15) is 0 Å². The first-order valence-electron chi connectivity index (χ1n) is 4.04. The molecule has 1 rings (SSSR count). The van der Waals surface area contributed by atoms with Crippen LogP contribution in [-0.2, 0) is 6.18 Å². The summed E-state index contributed by atoms with van der Waals surface area (Å²) in [6.07, 6.45) is -4.38. The van der Waals surface area contributed by atoms with E-state index in [-0.39, 0.29) is 30.5 Å². The molecule has 0 aliphatic carbocycles. The fraction of sp³-hybridized carbons (Fsp3) is 0.333. The molecule has 7 heteroatoms. The number of rotatable bonds is 1. The van der Waals surface area contributed by atoms with E-state index in [0.29, 0.717) is 5.56 Å². The zero-order chi connectivity index (χ0) is 10.9. The van der Waals surface area contributed by atoms with Crippen LogP contribution in [0.25, 0.3) is 0 Å². The fourth-order valence-corrected chi connectivity index (χ4v) is 1.10. The first kappa shape index (κ1) is 17.7. The molecule has 0 heterocycles. The Balaban J connectivity index is 0. The van der Waals surface area contributed by atoms with E-state index in [9.17, 15) is 13.2 Å². The lowest BCUT2D eigenvalue weighted by atomic mass is 10.0. The number of anilines is 1. The SMILES string of the molecule is CC(N)c1cc(N)cc(C(F)(F)F)c1.Cl.Cl. The summed E-state index contributed by atoms with van der Waals surface area (Å²) >= 11 is 0. The summed E-state index contributed by atoms with van der Waals surface area (Å²) in [6, 6.07) is 2.90. The number of hydrogen-bond donors (Lipinski definition) is 2. The van der Waals surface area contributed by atoms with Crippen LogP contribution in [0.2, 0.25) is 0 Å². The quantitative estimate of drug-likeness (QED) is 0.775. The van der Waals surface area contributed by atoms with E-state index >= 15 is 0 Å². The van der Waals surface area contributed by atoms with E-state index < -0.39 is 17.8 Å². The van der Waals surface area contributed by atoms with Crippen LogP contribution in [0, 0.1) is 0 Å². The van der Waals surface area contributed by atoms with Crippen LogP contribution in [0.1, 0.15) is 24.1 Å². The van der Waals surface area contributed by atoms with Crippen LogP contribution < -0.4 is 11.5 Å². The molecule has 0 radical (unpaired) electrons. The Morgan fingerprint density at radius 1 is 1.12 bits per heavy atom. The molecule has 94 valence electrons. The van der Waals surface area contributed by atoms with Crippen LogP contribution in [0.4, 0.5) is 18.9 Å². The molecular formula is C9H13Cl2F3N2. The van der Waals surface area contributed by atoms with Crippen molar-refractivity contribution in [3.05, 3.63) is 29.3 Å². The summed E-state index contributed by atoms with van der Waals surface area (Å²) in [5.41, 5.74) is 10.5. The Morgan fingerprint density at radius 2 is 1.62 bits per heavy atom. The monoisotopic (exact) mass is 276 g/mol. The molecule has 1 unspecified atom stereocenters. The lowest BCUT2D eigenvalue weighted by Crippen LogP contribution is -2.10. The second-order valence-corrected chi connectivity index (χ2v) is 3.17. The van der Waals surface area contributed by atoms with E-state index in [1.165, 1.54) is 6.07 Å². The van der Waals surface area contributed by atoms with E-state index in [0.717, 1.165) is 12.1 Å². The summed E-state index contributed by atoms with van der Waals surface area (Å²) in [6.45, 7) is 1.61. The van der Waals surface area contributed by atoms with Gasteiger partial charge in [0.15, 0.2) is 0 Å². The molecule has 2 nitrogen and oxygen atoms in total. The van der Waals surface area contributed by atoms with Crippen molar-refractivity contribution < 1.29 is 13.2 Å². The third-order valence-corrected chi connectivity index (χ3v) is 1.83. The van der Waals surface area contributed by atoms with Crippen LogP contribution in [0.15, 0.2) is 18.2 Å². The smallest absolute Gasteiger partial charge is 0.399 e. The molecule has 0 spiro atoms. The second-order valence-electron chi connectivity index (χ2n) is 3.17. The van der Waals surface area contributed by atoms with Crippen molar-refractivity contribution in [3.63, 3.8) is 0 Å². The summed E-state index contributed by atoms with van der Waals surface area (Å²) in [5, 5.41) is 0. The van der Waals surface area contributed by atoms with Crippen molar-refractivity contribution in [2.45, 2.75) is 19.1 Å². The Morgan fingerprint density at radius 3 is 2.00 bits per heavy atom. The third kappa shape index (κ3) is 4.47. The average molecular weight is 277 g/mol. The van der Waals surface area contributed by atoms with Gasteiger partial charge in [-0.05, 0) is 30.7 Å². The number of alkyl halides is 3. The van der Waals surface area contributed by atoms with Crippen molar-refractivity contribution in [2.24, 2.45) is 5.73 Å². The van der Waals surface area contributed by atoms with Gasteiger partial charge in [-0.15, -0.1) is 24.8 Å². The zero-order valence-electron chi connectivity index (χ0n) is 8.41. The summed E-state index contributed by atoms with van der Waals surface area (Å²) in [4.78, 5) is 0. The summed E-state index contributed by atoms with van der Waals surface area (Å²) < 4.78 is 36.9. The highest BCUT2D eigenvalue weighted by Crippen LogP contribution is 2.32. The summed E-state index contributed by atoms with van der Waals surface area (Å²) in [5.74, 6) is 0. The molecule has 0 saturated carbocycles. The predicted octanol–water partition coefficient (Wildman–Crippen LogP) is 3.15. The van der Waals surface area contributed by atoms with Gasteiger partial charge in [-0.3, -0.25) is 0 Å². The third-order valence-electron chi connectivity index (χ3n) is 1.83. The summed E-state index contributed by atoms with van der Waals surface area (Å²) in [7, 11) is 0. The van der Waals surface area contributed by atoms with E-state index in [2.05, 4.69) is 0 Å². The van der Waals surface area contributed by atoms with E-state index in [4.69, 9.17) is 11.5 Å². The molecular weight excluding hydrogens is 264 g/mol. The minimum atomic E-state index is -4.38. The lowest BCUT2D eigenvalue weighted by Gasteiger charge is -2.12. The van der Waals surface area contributed by atoms with Crippen LogP contribution in [-0.4, -0.2) is 0 Å². The Kier molecular flexibility index (Phi) is 6.85. The van der Waals surface area contributed by atoms with Crippen LogP contribution in [0.3, 0.4) is 0 Å². The van der Waals surface area contributed by atoms with Gasteiger partial charge in [-0.25, -0.2) is 0 Å². The van der Waals surface area contributed by atoms with Crippen molar-refractivity contribution in [3.8, 4) is 0 Å². The molecule has 0 aliphatic heterocycles. The number of hydrogen-bond acceptors (Lipinski definition) is 2. The van der Waals surface area contributed by atoms with Crippen molar-refractivity contribution in [2.75, 3.05) is 5.73 Å². The standard InChI is InChI=1S/C9H11F3N2.2ClH/c1-5(13)6-2-7(9(10,11)12)4-8(14)3-6;;/h2-5H,13-14H2,1H3;2*1H. The van der Waals surface area contributed by atoms with Gasteiger partial charge in [-0.2, -0.15) is 13.2 Å². The number of nitrogen functional groups attached to an aromatic ring is 1. The Labute approximate surface area is 104 Å². The molecule has 0 amide bonds. The predicted molar refractivity (Wildman–Crippen MR) is 63.0 cm³/mol. The number of benzene rings is 1. The van der Waals surface area contributed by atoms with Gasteiger partial charge in [0.2, 0.25) is 0 Å². The molecule has 4 N–H and O–H groups in total. The number of nitrogens with two attached hydrogens (primary N) is 2. The van der Waals surface area contributed by atoms with Gasteiger partial charge in [-0.1, -0.05) is 0 Å². The van der Waals surface area contributed by atoms with Gasteiger partial charge in [0.25, 0.3) is 0 Å². The first-order valence-corrected chi connectivity index (χ1v) is 4.04. The highest BCUT2D eigenvalue weighted by Gasteiger charge is 2.31. The van der Waals surface area contributed by atoms with Gasteiger partial charge >= 0.3 is 6.18 Å². The van der Waals surface area contributed by atoms with Crippen LogP contribution in [0.5, 0.6) is 0 Å². The molecule has 1 aromatic rings. The molecule has 16 heavy (non-hydrogen) atoms. The van der Waals surface area contributed by atoms with Gasteiger partial charge in [0, 0.05) is 11.7 Å². The van der Waals surface area contributed by atoms with Gasteiger partial charge < -0.3 is 11.5 Å². The Hall–Kier alpha value is -0.650. The average Bonchev–Trinajstić information content (AvgIpc) is 2.01. The maximum atomic E-state index is 12.3. The van der Waals surface area contributed by atoms with E-state index in [1.54, 1.807) is 6.92 Å². The molecule has 1 aromatic carbocycles. The first-order chi connectivity index (χ1) is 6.30. The van der Waals surface area contributed by atoms with Crippen molar-refractivity contribution in [1.82, 2.24) is 0 Å². The fourth-order valence-electron chi connectivity index (χ4n) is 1.10. The molecule has 0 saturated heterocycles. The largest absolute Gasteiger partial charge is 0.416 e. The number of halogens is 5. The lowest BCUT2D eigenvalue weighted by molar-refractivity contribution is -0.137. The molecule has 1 atom stereocenters. The topological polar surface area (TPSA) is 52.0 Å². The molecule has 0 fully saturated rings. The molecule has 0 bridgehead atoms. The maximum absolute atomic E-state index is 12.3. The van der Waals surface area contributed by atoms with Gasteiger partial charge in [0.05, 0.1) is 5.56 Å². The maximum Gasteiger partial charge on any atom is 0.416 e. The van der Waals surface area contributed by atoms with Crippen molar-refractivity contribution in [1.29, 1.82) is 0 Å². The zero-order valence-corrected chi connectivity index (χ0v) is 10.0. The Bertz CT molecular complexity index is 340. The van der Waals surface area contributed by atoms with Crippen molar-refractivity contribution >= 4 is 30.5 Å². The minimum absolute atomic E-state index is 0. The van der Waals surface area contributed by atoms with E-state index in [1.807, 2.05) is 0 Å². The molecule has 0 aliphatic rings.